The van der Waals surface area contributed by atoms with Crippen molar-refractivity contribution in [2.45, 2.75) is 25.4 Å². The molecule has 132 valence electrons. The fourth-order valence-corrected chi connectivity index (χ4v) is 2.61. The van der Waals surface area contributed by atoms with Gasteiger partial charge in [0.15, 0.2) is 5.82 Å². The Balaban J connectivity index is 1.60. The van der Waals surface area contributed by atoms with Crippen molar-refractivity contribution < 1.29 is 18.8 Å². The molecule has 1 N–H and O–H groups in total. The Hall–Kier alpha value is -2.88. The van der Waals surface area contributed by atoms with E-state index in [-0.39, 0.29) is 24.4 Å². The van der Waals surface area contributed by atoms with Crippen molar-refractivity contribution in [1.82, 2.24) is 30.3 Å². The number of likely N-dealkylation sites (tertiary alicyclic amines) is 1. The van der Waals surface area contributed by atoms with Gasteiger partial charge in [0.25, 0.3) is 5.91 Å². The van der Waals surface area contributed by atoms with Crippen molar-refractivity contribution >= 4 is 11.8 Å². The molecule has 2 aromatic heterocycles. The highest BCUT2D eigenvalue weighted by molar-refractivity contribution is 5.93. The number of amides is 2. The van der Waals surface area contributed by atoms with Gasteiger partial charge in [0.1, 0.15) is 12.4 Å². The van der Waals surface area contributed by atoms with Crippen LogP contribution in [0.2, 0.25) is 0 Å². The van der Waals surface area contributed by atoms with E-state index in [4.69, 9.17) is 9.26 Å². The molecule has 3 rings (SSSR count). The number of carbonyl (C=O) groups excluding carboxylic acids is 2. The molecule has 0 radical (unpaired) electrons. The van der Waals surface area contributed by atoms with Crippen LogP contribution in [0, 0.1) is 0 Å². The van der Waals surface area contributed by atoms with Crippen molar-refractivity contribution in [3.63, 3.8) is 0 Å². The first-order chi connectivity index (χ1) is 12.2. The zero-order valence-electron chi connectivity index (χ0n) is 13.7. The number of nitrogens with zero attached hydrogens (tertiary/aromatic N) is 5. The van der Waals surface area contributed by atoms with E-state index >= 15 is 0 Å². The highest BCUT2D eigenvalue weighted by atomic mass is 16.5. The van der Waals surface area contributed by atoms with Crippen LogP contribution in [-0.2, 0) is 16.1 Å². The van der Waals surface area contributed by atoms with Crippen molar-refractivity contribution in [3.8, 4) is 0 Å². The molecule has 1 aliphatic rings. The average molecular weight is 346 g/mol. The highest BCUT2D eigenvalue weighted by Crippen LogP contribution is 2.31. The largest absolute Gasteiger partial charge is 0.383 e. The number of carbonyl (C=O) groups is 2. The second-order valence-corrected chi connectivity index (χ2v) is 5.49. The topological polar surface area (TPSA) is 123 Å². The summed E-state index contributed by atoms with van der Waals surface area (Å²) in [7, 11) is 1.58. The Bertz CT molecular complexity index is 735. The van der Waals surface area contributed by atoms with Gasteiger partial charge in [-0.2, -0.15) is 4.98 Å². The van der Waals surface area contributed by atoms with Gasteiger partial charge in [-0.1, -0.05) is 5.16 Å². The number of rotatable bonds is 7. The maximum Gasteiger partial charge on any atom is 0.254 e. The first-order valence-electron chi connectivity index (χ1n) is 7.83. The van der Waals surface area contributed by atoms with Crippen molar-refractivity contribution in [1.29, 1.82) is 0 Å². The van der Waals surface area contributed by atoms with Gasteiger partial charge in [-0.15, -0.1) is 0 Å². The number of aromatic nitrogens is 4. The summed E-state index contributed by atoms with van der Waals surface area (Å²) in [5.74, 6) is 0.421. The molecule has 2 aromatic rings. The van der Waals surface area contributed by atoms with Gasteiger partial charge in [0, 0.05) is 32.5 Å². The van der Waals surface area contributed by atoms with Gasteiger partial charge in [-0.3, -0.25) is 9.59 Å². The lowest BCUT2D eigenvalue weighted by molar-refractivity contribution is -0.130. The first-order valence-corrected chi connectivity index (χ1v) is 7.83. The zero-order valence-corrected chi connectivity index (χ0v) is 13.7. The van der Waals surface area contributed by atoms with E-state index in [1.807, 2.05) is 0 Å². The Morgan fingerprint density at radius 3 is 3.00 bits per heavy atom. The van der Waals surface area contributed by atoms with Gasteiger partial charge < -0.3 is 19.5 Å². The summed E-state index contributed by atoms with van der Waals surface area (Å²) in [6.45, 7) is 1.02. The molecule has 25 heavy (non-hydrogen) atoms. The number of nitrogens with one attached hydrogen (secondary N) is 1. The van der Waals surface area contributed by atoms with Crippen LogP contribution >= 0.6 is 0 Å². The molecule has 0 saturated carbocycles. The Kier molecular flexibility index (Phi) is 5.29. The molecule has 10 heteroatoms. The smallest absolute Gasteiger partial charge is 0.254 e. The van der Waals surface area contributed by atoms with E-state index in [9.17, 15) is 9.59 Å². The standard InChI is InChI=1S/C15H18N6O4/c1-24-5-4-21-11(2-3-13(21)22)15-19-12(20-25-15)8-18-14(23)10-6-16-9-17-7-10/h6-7,9,11H,2-5,8H2,1H3,(H,18,23)/t11-/m0/s1. The monoisotopic (exact) mass is 346 g/mol. The zero-order chi connectivity index (χ0) is 17.6. The number of hydrogen-bond acceptors (Lipinski definition) is 8. The van der Waals surface area contributed by atoms with E-state index in [2.05, 4.69) is 25.4 Å². The van der Waals surface area contributed by atoms with Gasteiger partial charge in [0.05, 0.1) is 18.7 Å². The predicted octanol–water partition coefficient (Wildman–Crippen LogP) is 0.0995. The maximum atomic E-state index is 12.0. The van der Waals surface area contributed by atoms with Crippen LogP contribution in [0.5, 0.6) is 0 Å². The molecule has 1 fully saturated rings. The van der Waals surface area contributed by atoms with E-state index in [0.29, 0.717) is 43.3 Å². The third kappa shape index (κ3) is 3.97. The van der Waals surface area contributed by atoms with E-state index in [0.717, 1.165) is 0 Å². The van der Waals surface area contributed by atoms with E-state index < -0.39 is 0 Å². The Labute approximate surface area is 143 Å². The van der Waals surface area contributed by atoms with Crippen LogP contribution in [0.25, 0.3) is 0 Å². The third-order valence-electron chi connectivity index (χ3n) is 3.86. The maximum absolute atomic E-state index is 12.0. The molecule has 3 heterocycles. The predicted molar refractivity (Wildman–Crippen MR) is 83.1 cm³/mol. The molecule has 2 amide bonds. The quantitative estimate of drug-likeness (QED) is 0.749. The molecule has 0 spiro atoms. The fraction of sp³-hybridized carbons (Fsp3) is 0.467. The van der Waals surface area contributed by atoms with Gasteiger partial charge >= 0.3 is 0 Å². The number of hydrogen-bond donors (Lipinski definition) is 1. The van der Waals surface area contributed by atoms with Crippen LogP contribution in [0.1, 0.15) is 41.0 Å². The van der Waals surface area contributed by atoms with Crippen LogP contribution in [-0.4, -0.2) is 57.1 Å². The second-order valence-electron chi connectivity index (χ2n) is 5.49. The number of ether oxygens (including phenoxy) is 1. The third-order valence-corrected chi connectivity index (χ3v) is 3.86. The molecule has 1 aliphatic heterocycles. The fourth-order valence-electron chi connectivity index (χ4n) is 2.61. The summed E-state index contributed by atoms with van der Waals surface area (Å²) in [4.78, 5) is 37.5. The molecule has 1 saturated heterocycles. The molecule has 10 nitrogen and oxygen atoms in total. The minimum absolute atomic E-state index is 0.0409. The summed E-state index contributed by atoms with van der Waals surface area (Å²) < 4.78 is 10.3. The molecular weight excluding hydrogens is 328 g/mol. The van der Waals surface area contributed by atoms with Crippen LogP contribution in [0.3, 0.4) is 0 Å². The summed E-state index contributed by atoms with van der Waals surface area (Å²) in [6.07, 6.45) is 5.25. The molecular formula is C15H18N6O4. The Morgan fingerprint density at radius 1 is 1.44 bits per heavy atom. The van der Waals surface area contributed by atoms with Gasteiger partial charge in [0.2, 0.25) is 11.8 Å². The molecule has 0 unspecified atom stereocenters. The summed E-state index contributed by atoms with van der Waals surface area (Å²) >= 11 is 0. The summed E-state index contributed by atoms with van der Waals surface area (Å²) in [5.41, 5.74) is 0.346. The van der Waals surface area contributed by atoms with Crippen molar-refractivity contribution in [2.24, 2.45) is 0 Å². The highest BCUT2D eigenvalue weighted by Gasteiger charge is 2.35. The van der Waals surface area contributed by atoms with Gasteiger partial charge in [-0.05, 0) is 6.42 Å². The van der Waals surface area contributed by atoms with Gasteiger partial charge in [-0.25, -0.2) is 9.97 Å². The average Bonchev–Trinajstić information content (AvgIpc) is 3.25. The normalized spacial score (nSPS) is 17.1. The lowest BCUT2D eigenvalue weighted by Gasteiger charge is -2.21. The summed E-state index contributed by atoms with van der Waals surface area (Å²) in [6, 6.07) is -0.248. The van der Waals surface area contributed by atoms with Crippen molar-refractivity contribution in [2.75, 3.05) is 20.3 Å². The first kappa shape index (κ1) is 17.0. The second kappa shape index (κ2) is 7.79. The molecule has 0 bridgehead atoms. The van der Waals surface area contributed by atoms with Crippen LogP contribution in [0.15, 0.2) is 23.2 Å². The SMILES string of the molecule is COCCN1C(=O)CC[C@H]1c1nc(CNC(=O)c2cncnc2)no1. The van der Waals surface area contributed by atoms with Crippen molar-refractivity contribution in [3.05, 3.63) is 36.0 Å². The van der Waals surface area contributed by atoms with E-state index in [1.165, 1.54) is 18.7 Å². The van der Waals surface area contributed by atoms with Crippen LogP contribution in [0.4, 0.5) is 0 Å². The van der Waals surface area contributed by atoms with E-state index in [1.54, 1.807) is 12.0 Å². The molecule has 0 aliphatic carbocycles. The lowest BCUT2D eigenvalue weighted by atomic mass is 10.2. The number of methoxy groups -OCH3 is 1. The lowest BCUT2D eigenvalue weighted by Crippen LogP contribution is -2.31. The molecule has 0 aromatic carbocycles. The van der Waals surface area contributed by atoms with Crippen LogP contribution < -0.4 is 5.32 Å². The Morgan fingerprint density at radius 2 is 2.24 bits per heavy atom. The molecule has 1 atom stereocenters. The minimum Gasteiger partial charge on any atom is -0.383 e. The minimum atomic E-state index is -0.329. The summed E-state index contributed by atoms with van der Waals surface area (Å²) in [5, 5.41) is 6.53.